The zero-order valence-corrected chi connectivity index (χ0v) is 11.3. The van der Waals surface area contributed by atoms with Crippen molar-refractivity contribution in [1.82, 2.24) is 5.43 Å². The molecule has 19 heavy (non-hydrogen) atoms. The minimum absolute atomic E-state index is 0.0888. The molecule has 1 heterocycles. The highest BCUT2D eigenvalue weighted by atomic mass is 16.5. The average molecular weight is 260 g/mol. The van der Waals surface area contributed by atoms with E-state index in [4.69, 9.17) is 15.0 Å². The van der Waals surface area contributed by atoms with E-state index in [0.717, 1.165) is 29.1 Å². The summed E-state index contributed by atoms with van der Waals surface area (Å²) in [5.74, 6) is 7.51. The first-order valence-corrected chi connectivity index (χ1v) is 6.55. The number of furan rings is 1. The van der Waals surface area contributed by atoms with Gasteiger partial charge >= 0.3 is 0 Å². The fourth-order valence-electron chi connectivity index (χ4n) is 2.21. The molecule has 0 saturated carbocycles. The first-order valence-electron chi connectivity index (χ1n) is 6.55. The fraction of sp³-hybridized carbons (Fsp3) is 0.333. The summed E-state index contributed by atoms with van der Waals surface area (Å²) >= 11 is 0. The summed E-state index contributed by atoms with van der Waals surface area (Å²) in [4.78, 5) is 0. The van der Waals surface area contributed by atoms with Crippen LogP contribution in [0.1, 0.15) is 36.8 Å². The van der Waals surface area contributed by atoms with Crippen molar-refractivity contribution in [1.29, 1.82) is 0 Å². The lowest BCUT2D eigenvalue weighted by Gasteiger charge is -2.17. The maximum atomic E-state index is 5.71. The first-order chi connectivity index (χ1) is 9.30. The van der Waals surface area contributed by atoms with Gasteiger partial charge in [0, 0.05) is 12.0 Å². The van der Waals surface area contributed by atoms with Gasteiger partial charge < -0.3 is 9.15 Å². The molecule has 1 aromatic carbocycles. The van der Waals surface area contributed by atoms with Gasteiger partial charge in [0.25, 0.3) is 0 Å². The lowest BCUT2D eigenvalue weighted by Crippen LogP contribution is -2.29. The number of hydrogen-bond donors (Lipinski definition) is 2. The number of ether oxygens (including phenoxy) is 1. The molecule has 0 aliphatic carbocycles. The predicted molar refractivity (Wildman–Crippen MR) is 74.9 cm³/mol. The lowest BCUT2D eigenvalue weighted by atomic mass is 9.98. The molecule has 2 aromatic rings. The molecule has 2 rings (SSSR count). The van der Waals surface area contributed by atoms with Crippen LogP contribution >= 0.6 is 0 Å². The minimum atomic E-state index is -0.0888. The molecule has 0 amide bonds. The predicted octanol–water partition coefficient (Wildman–Crippen LogP) is 2.79. The molecule has 0 aliphatic rings. The van der Waals surface area contributed by atoms with Crippen LogP contribution in [0.3, 0.4) is 0 Å². The van der Waals surface area contributed by atoms with Gasteiger partial charge in [-0.25, -0.2) is 5.43 Å². The smallest absolute Gasteiger partial charge is 0.119 e. The Morgan fingerprint density at radius 1 is 1.32 bits per heavy atom. The highest BCUT2D eigenvalue weighted by Crippen LogP contribution is 2.28. The van der Waals surface area contributed by atoms with E-state index in [-0.39, 0.29) is 6.04 Å². The van der Waals surface area contributed by atoms with Gasteiger partial charge in [0.2, 0.25) is 0 Å². The third kappa shape index (κ3) is 2.97. The van der Waals surface area contributed by atoms with Crippen LogP contribution in [0.5, 0.6) is 5.75 Å². The molecule has 3 N–H and O–H groups in total. The zero-order chi connectivity index (χ0) is 13.7. The van der Waals surface area contributed by atoms with Gasteiger partial charge in [0.15, 0.2) is 0 Å². The van der Waals surface area contributed by atoms with Gasteiger partial charge in [0.1, 0.15) is 11.5 Å². The van der Waals surface area contributed by atoms with Crippen LogP contribution in [0, 0.1) is 0 Å². The minimum Gasteiger partial charge on any atom is -0.494 e. The van der Waals surface area contributed by atoms with E-state index in [1.54, 1.807) is 6.26 Å². The third-order valence-electron chi connectivity index (χ3n) is 3.08. The molecule has 0 radical (unpaired) electrons. The number of nitrogens with two attached hydrogens (primary N) is 1. The van der Waals surface area contributed by atoms with Gasteiger partial charge in [-0.15, -0.1) is 0 Å². The number of hydrazine groups is 1. The van der Waals surface area contributed by atoms with E-state index in [0.29, 0.717) is 6.61 Å². The van der Waals surface area contributed by atoms with Gasteiger partial charge in [-0.2, -0.15) is 0 Å². The summed E-state index contributed by atoms with van der Waals surface area (Å²) < 4.78 is 11.0. The normalized spacial score (nSPS) is 12.4. The van der Waals surface area contributed by atoms with Crippen molar-refractivity contribution >= 4 is 0 Å². The Balaban J connectivity index is 2.34. The number of benzene rings is 1. The Labute approximate surface area is 113 Å². The molecule has 0 spiro atoms. The molecule has 1 aromatic heterocycles. The highest BCUT2D eigenvalue weighted by molar-refractivity contribution is 5.37. The Morgan fingerprint density at radius 2 is 2.16 bits per heavy atom. The molecule has 0 saturated heterocycles. The Kier molecular flexibility index (Phi) is 4.60. The van der Waals surface area contributed by atoms with Crippen LogP contribution in [0.25, 0.3) is 0 Å². The number of nitrogens with one attached hydrogen (secondary N) is 1. The average Bonchev–Trinajstić information content (AvgIpc) is 2.89. The van der Waals surface area contributed by atoms with E-state index in [1.807, 2.05) is 37.3 Å². The van der Waals surface area contributed by atoms with Crippen LogP contribution in [-0.4, -0.2) is 6.61 Å². The van der Waals surface area contributed by atoms with Gasteiger partial charge in [0.05, 0.1) is 18.9 Å². The Hall–Kier alpha value is -1.78. The van der Waals surface area contributed by atoms with Crippen LogP contribution < -0.4 is 16.0 Å². The van der Waals surface area contributed by atoms with Crippen LogP contribution in [0.15, 0.2) is 41.0 Å². The summed E-state index contributed by atoms with van der Waals surface area (Å²) in [5.41, 5.74) is 4.98. The van der Waals surface area contributed by atoms with Crippen molar-refractivity contribution < 1.29 is 9.15 Å². The number of hydrogen-bond acceptors (Lipinski definition) is 4. The maximum absolute atomic E-state index is 5.71. The van der Waals surface area contributed by atoms with E-state index < -0.39 is 0 Å². The molecule has 4 nitrogen and oxygen atoms in total. The van der Waals surface area contributed by atoms with Crippen LogP contribution in [0.4, 0.5) is 0 Å². The molecule has 102 valence electrons. The summed E-state index contributed by atoms with van der Waals surface area (Å²) in [5, 5.41) is 0. The molecule has 0 aliphatic heterocycles. The summed E-state index contributed by atoms with van der Waals surface area (Å²) in [6.45, 7) is 4.68. The molecule has 0 fully saturated rings. The van der Waals surface area contributed by atoms with Crippen LogP contribution in [-0.2, 0) is 6.42 Å². The zero-order valence-electron chi connectivity index (χ0n) is 11.3. The fourth-order valence-corrected chi connectivity index (χ4v) is 2.21. The van der Waals surface area contributed by atoms with Gasteiger partial charge in [-0.3, -0.25) is 5.84 Å². The topological polar surface area (TPSA) is 60.4 Å². The molecule has 4 heteroatoms. The van der Waals surface area contributed by atoms with E-state index in [9.17, 15) is 0 Å². The quantitative estimate of drug-likeness (QED) is 0.619. The summed E-state index contributed by atoms with van der Waals surface area (Å²) in [6.07, 6.45) is 2.54. The van der Waals surface area contributed by atoms with E-state index >= 15 is 0 Å². The maximum Gasteiger partial charge on any atom is 0.119 e. The van der Waals surface area contributed by atoms with Crippen molar-refractivity contribution in [2.24, 2.45) is 5.84 Å². The second-order valence-corrected chi connectivity index (χ2v) is 4.26. The van der Waals surface area contributed by atoms with Crippen molar-refractivity contribution in [3.05, 3.63) is 53.5 Å². The number of rotatable bonds is 6. The van der Waals surface area contributed by atoms with E-state index in [1.165, 1.54) is 0 Å². The first kappa shape index (κ1) is 13.6. The third-order valence-corrected chi connectivity index (χ3v) is 3.08. The van der Waals surface area contributed by atoms with Gasteiger partial charge in [-0.05, 0) is 30.7 Å². The summed E-state index contributed by atoms with van der Waals surface area (Å²) in [6, 6.07) is 9.80. The standard InChI is InChI=1S/C15H20N2O2/c1-3-14-13(8-9-19-14)15(17-16)11-6-5-7-12(10-11)18-4-2/h5-10,15,17H,3-4,16H2,1-2H3. The lowest BCUT2D eigenvalue weighted by molar-refractivity contribution is 0.339. The molecular weight excluding hydrogens is 240 g/mol. The van der Waals surface area contributed by atoms with Gasteiger partial charge in [-0.1, -0.05) is 19.1 Å². The molecule has 1 unspecified atom stereocenters. The van der Waals surface area contributed by atoms with Crippen molar-refractivity contribution in [2.75, 3.05) is 6.61 Å². The van der Waals surface area contributed by atoms with Crippen molar-refractivity contribution in [3.8, 4) is 5.75 Å². The molecular formula is C15H20N2O2. The highest BCUT2D eigenvalue weighted by Gasteiger charge is 2.18. The van der Waals surface area contributed by atoms with Crippen LogP contribution in [0.2, 0.25) is 0 Å². The van der Waals surface area contributed by atoms with Crippen molar-refractivity contribution in [2.45, 2.75) is 26.3 Å². The SMILES string of the molecule is CCOc1cccc(C(NN)c2ccoc2CC)c1. The monoisotopic (exact) mass is 260 g/mol. The second kappa shape index (κ2) is 6.41. The molecule has 0 bridgehead atoms. The largest absolute Gasteiger partial charge is 0.494 e. The summed E-state index contributed by atoms with van der Waals surface area (Å²) in [7, 11) is 0. The number of aryl methyl sites for hydroxylation is 1. The Morgan fingerprint density at radius 3 is 2.84 bits per heavy atom. The Bertz CT molecular complexity index is 522. The van der Waals surface area contributed by atoms with Crippen molar-refractivity contribution in [3.63, 3.8) is 0 Å². The van der Waals surface area contributed by atoms with E-state index in [2.05, 4.69) is 12.3 Å². The molecule has 1 atom stereocenters. The second-order valence-electron chi connectivity index (χ2n) is 4.26.